The number of carbonyl (C=O) groups excluding carboxylic acids is 1. The molecule has 4 rings (SSSR count). The summed E-state index contributed by atoms with van der Waals surface area (Å²) in [5, 5.41) is 4.38. The quantitative estimate of drug-likeness (QED) is 0.505. The number of amides is 1. The minimum atomic E-state index is 0.202. The van der Waals surface area contributed by atoms with E-state index in [1.807, 2.05) is 23.5 Å². The van der Waals surface area contributed by atoms with Crippen LogP contribution in [0.2, 0.25) is 0 Å². The minimum Gasteiger partial charge on any atom is -0.352 e. The lowest BCUT2D eigenvalue weighted by Gasteiger charge is -2.24. The molecule has 1 fully saturated rings. The van der Waals surface area contributed by atoms with Crippen LogP contribution in [0.1, 0.15) is 35.3 Å². The van der Waals surface area contributed by atoms with E-state index in [9.17, 15) is 4.79 Å². The third kappa shape index (κ3) is 4.28. The van der Waals surface area contributed by atoms with Gasteiger partial charge in [-0.25, -0.2) is 0 Å². The van der Waals surface area contributed by atoms with Crippen LogP contribution in [0.5, 0.6) is 0 Å². The van der Waals surface area contributed by atoms with E-state index in [1.54, 1.807) is 0 Å². The Morgan fingerprint density at radius 2 is 2.00 bits per heavy atom. The number of nitrogens with one attached hydrogen (secondary N) is 1. The SMILES string of the molecule is O=C(NCc1c(C/C=C/c2ccccc2)sc2ccc(S)cc12)C1CCC1. The van der Waals surface area contributed by atoms with Crippen molar-refractivity contribution in [1.29, 1.82) is 0 Å². The molecule has 1 aromatic heterocycles. The summed E-state index contributed by atoms with van der Waals surface area (Å²) in [7, 11) is 0. The van der Waals surface area contributed by atoms with E-state index in [4.69, 9.17) is 0 Å². The number of benzene rings is 2. The Balaban J connectivity index is 1.56. The Morgan fingerprint density at radius 3 is 2.74 bits per heavy atom. The highest BCUT2D eigenvalue weighted by molar-refractivity contribution is 7.80. The average Bonchev–Trinajstić information content (AvgIpc) is 2.96. The van der Waals surface area contributed by atoms with Gasteiger partial charge in [-0.1, -0.05) is 48.9 Å². The zero-order chi connectivity index (χ0) is 18.6. The molecule has 0 aliphatic heterocycles. The van der Waals surface area contributed by atoms with Crippen molar-refractivity contribution in [3.8, 4) is 0 Å². The number of thiol groups is 1. The fraction of sp³-hybridized carbons (Fsp3) is 0.261. The van der Waals surface area contributed by atoms with Gasteiger partial charge in [0, 0.05) is 33.4 Å². The first-order valence-corrected chi connectivity index (χ1v) is 10.7. The zero-order valence-corrected chi connectivity index (χ0v) is 16.9. The summed E-state index contributed by atoms with van der Waals surface area (Å²) in [6, 6.07) is 16.6. The number of rotatable bonds is 6. The first-order chi connectivity index (χ1) is 13.2. The van der Waals surface area contributed by atoms with E-state index < -0.39 is 0 Å². The van der Waals surface area contributed by atoms with Crippen molar-refractivity contribution in [3.63, 3.8) is 0 Å². The summed E-state index contributed by atoms with van der Waals surface area (Å²) >= 11 is 6.32. The summed E-state index contributed by atoms with van der Waals surface area (Å²) in [6.07, 6.45) is 8.47. The lowest BCUT2D eigenvalue weighted by molar-refractivity contribution is -0.127. The first kappa shape index (κ1) is 18.3. The van der Waals surface area contributed by atoms with Crippen molar-refractivity contribution in [2.24, 2.45) is 5.92 Å². The molecule has 3 aromatic rings. The van der Waals surface area contributed by atoms with Crippen LogP contribution >= 0.6 is 24.0 Å². The van der Waals surface area contributed by atoms with E-state index >= 15 is 0 Å². The van der Waals surface area contributed by atoms with Crippen molar-refractivity contribution in [1.82, 2.24) is 5.32 Å². The third-order valence-corrected chi connectivity index (χ3v) is 6.70. The zero-order valence-electron chi connectivity index (χ0n) is 15.2. The average molecular weight is 394 g/mol. The second-order valence-corrected chi connectivity index (χ2v) is 8.70. The van der Waals surface area contributed by atoms with Crippen LogP contribution in [0.4, 0.5) is 0 Å². The molecule has 0 saturated heterocycles. The maximum absolute atomic E-state index is 12.3. The van der Waals surface area contributed by atoms with Gasteiger partial charge in [0.25, 0.3) is 0 Å². The second-order valence-electron chi connectivity index (χ2n) is 7.05. The summed E-state index contributed by atoms with van der Waals surface area (Å²) < 4.78 is 1.25. The van der Waals surface area contributed by atoms with Crippen LogP contribution < -0.4 is 5.32 Å². The fourth-order valence-corrected chi connectivity index (χ4v) is 4.78. The molecule has 1 N–H and O–H groups in total. The largest absolute Gasteiger partial charge is 0.352 e. The van der Waals surface area contributed by atoms with Gasteiger partial charge in [-0.2, -0.15) is 0 Å². The normalized spacial score (nSPS) is 14.6. The Hall–Kier alpha value is -2.04. The van der Waals surface area contributed by atoms with Crippen molar-refractivity contribution in [3.05, 3.63) is 70.6 Å². The molecule has 0 atom stereocenters. The van der Waals surface area contributed by atoms with Crippen LogP contribution in [-0.2, 0) is 17.8 Å². The number of fused-ring (bicyclic) bond motifs is 1. The maximum atomic E-state index is 12.3. The summed E-state index contributed by atoms with van der Waals surface area (Å²) in [5.74, 6) is 0.421. The molecule has 2 nitrogen and oxygen atoms in total. The molecule has 4 heteroatoms. The van der Waals surface area contributed by atoms with Crippen molar-refractivity contribution < 1.29 is 4.79 Å². The van der Waals surface area contributed by atoms with E-state index in [2.05, 4.69) is 66.5 Å². The fourth-order valence-electron chi connectivity index (χ4n) is 3.40. The summed E-state index contributed by atoms with van der Waals surface area (Å²) in [6.45, 7) is 0.598. The number of thiophene rings is 1. The van der Waals surface area contributed by atoms with Crippen LogP contribution in [0.3, 0.4) is 0 Å². The van der Waals surface area contributed by atoms with Gasteiger partial charge >= 0.3 is 0 Å². The van der Waals surface area contributed by atoms with Crippen LogP contribution in [0, 0.1) is 5.92 Å². The predicted octanol–water partition coefficient (Wildman–Crippen LogP) is 5.86. The van der Waals surface area contributed by atoms with Gasteiger partial charge in [0.15, 0.2) is 0 Å². The predicted molar refractivity (Wildman–Crippen MR) is 117 cm³/mol. The Kier molecular flexibility index (Phi) is 5.65. The molecule has 0 spiro atoms. The minimum absolute atomic E-state index is 0.202. The number of carbonyl (C=O) groups is 1. The molecule has 1 aliphatic carbocycles. The van der Waals surface area contributed by atoms with Gasteiger partial charge in [-0.15, -0.1) is 24.0 Å². The van der Waals surface area contributed by atoms with Gasteiger partial charge in [0.05, 0.1) is 0 Å². The number of allylic oxidation sites excluding steroid dienone is 1. The molecule has 2 aromatic carbocycles. The van der Waals surface area contributed by atoms with E-state index in [0.717, 1.165) is 24.2 Å². The molecule has 0 radical (unpaired) electrons. The molecular weight excluding hydrogens is 370 g/mol. The monoisotopic (exact) mass is 393 g/mol. The topological polar surface area (TPSA) is 29.1 Å². The first-order valence-electron chi connectivity index (χ1n) is 9.43. The molecule has 1 saturated carbocycles. The Labute approximate surface area is 169 Å². The second kappa shape index (κ2) is 8.32. The van der Waals surface area contributed by atoms with Gasteiger partial charge < -0.3 is 5.32 Å². The van der Waals surface area contributed by atoms with Crippen molar-refractivity contribution >= 4 is 46.0 Å². The number of hydrogen-bond acceptors (Lipinski definition) is 3. The molecule has 1 aliphatic rings. The molecular formula is C23H23NOS2. The molecule has 1 amide bonds. The van der Waals surface area contributed by atoms with Gasteiger partial charge in [0.2, 0.25) is 5.91 Å². The highest BCUT2D eigenvalue weighted by Gasteiger charge is 2.25. The van der Waals surface area contributed by atoms with E-state index in [1.165, 1.54) is 32.5 Å². The van der Waals surface area contributed by atoms with E-state index in [-0.39, 0.29) is 11.8 Å². The van der Waals surface area contributed by atoms with Gasteiger partial charge in [-0.3, -0.25) is 4.79 Å². The number of hydrogen-bond donors (Lipinski definition) is 2. The van der Waals surface area contributed by atoms with Crippen LogP contribution in [0.25, 0.3) is 16.2 Å². The van der Waals surface area contributed by atoms with E-state index in [0.29, 0.717) is 6.54 Å². The molecule has 0 unspecified atom stereocenters. The van der Waals surface area contributed by atoms with Gasteiger partial charge in [-0.05, 0) is 47.6 Å². The molecule has 138 valence electrons. The maximum Gasteiger partial charge on any atom is 0.223 e. The highest BCUT2D eigenvalue weighted by Crippen LogP contribution is 2.34. The molecule has 0 bridgehead atoms. The Morgan fingerprint density at radius 1 is 1.19 bits per heavy atom. The third-order valence-electron chi connectivity index (χ3n) is 5.19. The summed E-state index contributed by atoms with van der Waals surface area (Å²) in [5.41, 5.74) is 2.44. The van der Waals surface area contributed by atoms with Gasteiger partial charge in [0.1, 0.15) is 0 Å². The smallest absolute Gasteiger partial charge is 0.223 e. The molecule has 27 heavy (non-hydrogen) atoms. The Bertz CT molecular complexity index is 971. The van der Waals surface area contributed by atoms with Crippen LogP contribution in [0.15, 0.2) is 59.5 Å². The molecule has 1 heterocycles. The standard InChI is InChI=1S/C23H23NOS2/c25-23(17-9-5-10-17)24-15-20-19-14-18(26)12-13-22(19)27-21(20)11-4-8-16-6-2-1-3-7-16/h1-4,6-8,12-14,17,26H,5,9-11,15H2,(H,24,25)/b8-4+. The highest BCUT2D eigenvalue weighted by atomic mass is 32.1. The lowest BCUT2D eigenvalue weighted by atomic mass is 9.85. The van der Waals surface area contributed by atoms with Crippen LogP contribution in [-0.4, -0.2) is 5.91 Å². The lowest BCUT2D eigenvalue weighted by Crippen LogP contribution is -2.34. The summed E-state index contributed by atoms with van der Waals surface area (Å²) in [4.78, 5) is 14.6. The van der Waals surface area contributed by atoms with Crippen molar-refractivity contribution in [2.75, 3.05) is 0 Å². The van der Waals surface area contributed by atoms with Crippen molar-refractivity contribution in [2.45, 2.75) is 37.1 Å².